The van der Waals surface area contributed by atoms with E-state index in [-0.39, 0.29) is 32.7 Å². The zero-order valence-corrected chi connectivity index (χ0v) is 19.0. The first kappa shape index (κ1) is 22.7. The molecule has 0 atom stereocenters. The minimum Gasteiger partial charge on any atom is -0.481 e. The number of aromatic nitrogens is 3. The standard InChI is InChI=1S/C24H28FN5O3.2H2/c1-14(2)27-22(31)16-6-10-18(11-7-16)30-20-12-21(33-3)26-13-19(20)28-24(30)29-23(32)15-4-8-17(25)9-5-15;;/h4-5,8-9,12-14,16,18H,6-7,10-11H2,1-3H3,(H,27,31)(H,28,29,32);2*1H. The predicted octanol–water partition coefficient (Wildman–Crippen LogP) is 4.58. The SMILES string of the molecule is COc1cc2c(cn1)nc(NC(=O)c1ccc(F)cc1)n2C1CCC(C(=O)NC(C)C)CC1.[HH].[HH]. The highest BCUT2D eigenvalue weighted by Gasteiger charge is 2.30. The van der Waals surface area contributed by atoms with E-state index in [1.54, 1.807) is 19.4 Å². The summed E-state index contributed by atoms with van der Waals surface area (Å²) in [6, 6.07) is 7.32. The van der Waals surface area contributed by atoms with Gasteiger partial charge >= 0.3 is 0 Å². The topological polar surface area (TPSA) is 98.1 Å². The van der Waals surface area contributed by atoms with Gasteiger partial charge in [0, 0.05) is 32.5 Å². The second-order valence-corrected chi connectivity index (χ2v) is 8.65. The molecule has 2 aromatic heterocycles. The summed E-state index contributed by atoms with van der Waals surface area (Å²) in [5.74, 6) is 0.128. The smallest absolute Gasteiger partial charge is 0.257 e. The normalized spacial score (nSPS) is 18.3. The second-order valence-electron chi connectivity index (χ2n) is 8.65. The molecule has 0 saturated heterocycles. The molecule has 0 aliphatic heterocycles. The maximum Gasteiger partial charge on any atom is 0.257 e. The number of nitrogens with zero attached hydrogens (tertiary/aromatic N) is 3. The summed E-state index contributed by atoms with van der Waals surface area (Å²) in [5, 5.41) is 5.87. The maximum atomic E-state index is 13.3. The van der Waals surface area contributed by atoms with E-state index >= 15 is 0 Å². The zero-order chi connectivity index (χ0) is 23.5. The second kappa shape index (κ2) is 9.56. The van der Waals surface area contributed by atoms with Gasteiger partial charge in [0.05, 0.1) is 18.8 Å². The number of rotatable bonds is 6. The lowest BCUT2D eigenvalue weighted by Gasteiger charge is -2.30. The van der Waals surface area contributed by atoms with Gasteiger partial charge in [0.15, 0.2) is 0 Å². The van der Waals surface area contributed by atoms with Crippen molar-refractivity contribution in [1.82, 2.24) is 19.9 Å². The number of carbonyl (C=O) groups is 2. The molecular formula is C24H32FN5O3. The molecule has 1 aromatic carbocycles. The molecule has 2 amide bonds. The van der Waals surface area contributed by atoms with Gasteiger partial charge in [-0.15, -0.1) is 0 Å². The Morgan fingerprint density at radius 3 is 2.52 bits per heavy atom. The summed E-state index contributed by atoms with van der Waals surface area (Å²) in [4.78, 5) is 34.1. The van der Waals surface area contributed by atoms with Crippen molar-refractivity contribution < 1.29 is 21.6 Å². The lowest BCUT2D eigenvalue weighted by molar-refractivity contribution is -0.126. The summed E-state index contributed by atoms with van der Waals surface area (Å²) >= 11 is 0. The molecule has 1 saturated carbocycles. The molecule has 2 N–H and O–H groups in total. The molecule has 0 unspecified atom stereocenters. The van der Waals surface area contributed by atoms with Crippen molar-refractivity contribution in [1.29, 1.82) is 0 Å². The van der Waals surface area contributed by atoms with Gasteiger partial charge in [-0.1, -0.05) is 0 Å². The van der Waals surface area contributed by atoms with Gasteiger partial charge < -0.3 is 14.6 Å². The molecule has 8 nitrogen and oxygen atoms in total. The van der Waals surface area contributed by atoms with Crippen LogP contribution in [-0.4, -0.2) is 39.5 Å². The minimum atomic E-state index is -0.407. The number of hydrogen-bond donors (Lipinski definition) is 2. The van der Waals surface area contributed by atoms with Crippen molar-refractivity contribution in [2.45, 2.75) is 51.6 Å². The van der Waals surface area contributed by atoms with E-state index in [4.69, 9.17) is 4.74 Å². The van der Waals surface area contributed by atoms with Crippen molar-refractivity contribution in [3.8, 4) is 5.88 Å². The van der Waals surface area contributed by atoms with Gasteiger partial charge in [-0.25, -0.2) is 14.4 Å². The maximum absolute atomic E-state index is 13.3. The molecule has 4 rings (SSSR count). The average Bonchev–Trinajstić information content (AvgIpc) is 3.15. The molecule has 0 bridgehead atoms. The van der Waals surface area contributed by atoms with E-state index in [0.717, 1.165) is 31.2 Å². The fourth-order valence-electron chi connectivity index (χ4n) is 4.32. The number of fused-ring (bicyclic) bond motifs is 1. The van der Waals surface area contributed by atoms with Crippen molar-refractivity contribution in [2.75, 3.05) is 12.4 Å². The third kappa shape index (κ3) is 4.97. The van der Waals surface area contributed by atoms with Gasteiger partial charge in [-0.2, -0.15) is 0 Å². The highest BCUT2D eigenvalue weighted by molar-refractivity contribution is 6.04. The summed E-state index contributed by atoms with van der Waals surface area (Å²) in [7, 11) is 1.55. The lowest BCUT2D eigenvalue weighted by atomic mass is 9.85. The van der Waals surface area contributed by atoms with Crippen LogP contribution in [0.1, 0.15) is 58.8 Å². The van der Waals surface area contributed by atoms with Crippen molar-refractivity contribution in [2.24, 2.45) is 5.92 Å². The van der Waals surface area contributed by atoms with Crippen LogP contribution >= 0.6 is 0 Å². The number of nitrogens with one attached hydrogen (secondary N) is 2. The number of anilines is 1. The van der Waals surface area contributed by atoms with E-state index in [0.29, 0.717) is 22.9 Å². The van der Waals surface area contributed by atoms with Crippen LogP contribution in [0.4, 0.5) is 10.3 Å². The number of halogens is 1. The first-order chi connectivity index (χ1) is 15.9. The van der Waals surface area contributed by atoms with E-state index in [2.05, 4.69) is 20.6 Å². The summed E-state index contributed by atoms with van der Waals surface area (Å²) in [6.45, 7) is 3.91. The van der Waals surface area contributed by atoms with Crippen LogP contribution in [0.25, 0.3) is 11.0 Å². The van der Waals surface area contributed by atoms with Crippen LogP contribution in [0.15, 0.2) is 36.5 Å². The van der Waals surface area contributed by atoms with Crippen molar-refractivity contribution in [3.05, 3.63) is 47.9 Å². The fourth-order valence-corrected chi connectivity index (χ4v) is 4.32. The molecule has 33 heavy (non-hydrogen) atoms. The van der Waals surface area contributed by atoms with E-state index in [1.807, 2.05) is 18.4 Å². The van der Waals surface area contributed by atoms with Crippen LogP contribution in [0.5, 0.6) is 5.88 Å². The van der Waals surface area contributed by atoms with E-state index in [9.17, 15) is 14.0 Å². The minimum absolute atomic E-state index is 0. The highest BCUT2D eigenvalue weighted by atomic mass is 19.1. The van der Waals surface area contributed by atoms with Gasteiger partial charge in [-0.05, 0) is 63.8 Å². The molecule has 3 aromatic rings. The number of carbonyl (C=O) groups excluding carboxylic acids is 2. The largest absolute Gasteiger partial charge is 0.481 e. The first-order valence-electron chi connectivity index (χ1n) is 11.1. The quantitative estimate of drug-likeness (QED) is 0.565. The van der Waals surface area contributed by atoms with Crippen LogP contribution in [0, 0.1) is 11.7 Å². The molecule has 1 aliphatic rings. The average molecular weight is 458 g/mol. The third-order valence-corrected chi connectivity index (χ3v) is 5.96. The van der Waals surface area contributed by atoms with E-state index in [1.165, 1.54) is 24.3 Å². The van der Waals surface area contributed by atoms with Gasteiger partial charge in [0.25, 0.3) is 5.91 Å². The number of methoxy groups -OCH3 is 1. The number of ether oxygens (including phenoxy) is 1. The van der Waals surface area contributed by atoms with Crippen LogP contribution in [0.2, 0.25) is 0 Å². The van der Waals surface area contributed by atoms with Crippen molar-refractivity contribution >= 4 is 28.8 Å². The molecule has 178 valence electrons. The van der Waals surface area contributed by atoms with E-state index < -0.39 is 5.82 Å². The first-order valence-corrected chi connectivity index (χ1v) is 11.1. The van der Waals surface area contributed by atoms with Gasteiger partial charge in [0.2, 0.25) is 17.7 Å². The Labute approximate surface area is 194 Å². The molecule has 1 aliphatic carbocycles. The number of hydrogen-bond acceptors (Lipinski definition) is 5. The zero-order valence-electron chi connectivity index (χ0n) is 19.0. The van der Waals surface area contributed by atoms with Crippen LogP contribution in [-0.2, 0) is 4.79 Å². The Kier molecular flexibility index (Phi) is 6.57. The molecule has 0 radical (unpaired) electrons. The van der Waals surface area contributed by atoms with Crippen molar-refractivity contribution in [3.63, 3.8) is 0 Å². The predicted molar refractivity (Wildman–Crippen MR) is 127 cm³/mol. The highest BCUT2D eigenvalue weighted by Crippen LogP contribution is 2.37. The fraction of sp³-hybridized carbons (Fsp3) is 0.417. The number of benzene rings is 1. The summed E-state index contributed by atoms with van der Waals surface area (Å²) in [5.41, 5.74) is 1.76. The van der Waals surface area contributed by atoms with Gasteiger partial charge in [0.1, 0.15) is 11.3 Å². The molecule has 9 heteroatoms. The Morgan fingerprint density at radius 2 is 1.88 bits per heavy atom. The summed E-state index contributed by atoms with van der Waals surface area (Å²) in [6.07, 6.45) is 4.64. The third-order valence-electron chi connectivity index (χ3n) is 5.96. The monoisotopic (exact) mass is 457 g/mol. The number of imidazole rings is 1. The van der Waals surface area contributed by atoms with Gasteiger partial charge in [-0.3, -0.25) is 14.9 Å². The number of amides is 2. The van der Waals surface area contributed by atoms with Crippen LogP contribution < -0.4 is 15.4 Å². The number of pyridine rings is 1. The Balaban J connectivity index is 0.00000216. The Hall–Kier alpha value is -3.49. The Morgan fingerprint density at radius 1 is 1.18 bits per heavy atom. The lowest BCUT2D eigenvalue weighted by Crippen LogP contribution is -2.37. The molecule has 0 spiro atoms. The summed E-state index contributed by atoms with van der Waals surface area (Å²) < 4.78 is 20.5. The molecule has 2 heterocycles. The molecule has 1 fully saturated rings. The Bertz CT molecular complexity index is 1160. The molecular weight excluding hydrogens is 425 g/mol. The van der Waals surface area contributed by atoms with Crippen LogP contribution in [0.3, 0.4) is 0 Å².